The number of phenols is 1. The number of aromatic hydroxyl groups is 1. The van der Waals surface area contributed by atoms with Gasteiger partial charge in [0.25, 0.3) is 0 Å². The van der Waals surface area contributed by atoms with Crippen molar-refractivity contribution in [1.82, 2.24) is 19.6 Å². The first-order valence-corrected chi connectivity index (χ1v) is 8.66. The maximum atomic E-state index is 13.2. The molecule has 1 aliphatic rings. The topological polar surface area (TPSA) is 72.9 Å². The summed E-state index contributed by atoms with van der Waals surface area (Å²) in [6.45, 7) is 2.65. The fraction of sp³-hybridized carbons (Fsp3) is 0.0952. The van der Waals surface area contributed by atoms with E-state index >= 15 is 0 Å². The molecule has 0 aliphatic carbocycles. The van der Waals surface area contributed by atoms with Gasteiger partial charge in [-0.3, -0.25) is 4.79 Å². The zero-order valence-electron chi connectivity index (χ0n) is 14.6. The highest BCUT2D eigenvalue weighted by molar-refractivity contribution is 6.28. The van der Waals surface area contributed by atoms with Crippen molar-refractivity contribution >= 4 is 28.5 Å². The number of allylic oxidation sites excluding steroid dienone is 1. The first-order chi connectivity index (χ1) is 13.1. The fourth-order valence-electron chi connectivity index (χ4n) is 3.69. The smallest absolute Gasteiger partial charge is 0.211 e. The van der Waals surface area contributed by atoms with Crippen LogP contribution in [0.25, 0.3) is 22.7 Å². The van der Waals surface area contributed by atoms with Crippen LogP contribution < -0.4 is 0 Å². The van der Waals surface area contributed by atoms with Crippen molar-refractivity contribution in [2.24, 2.45) is 0 Å². The van der Waals surface area contributed by atoms with Crippen LogP contribution in [0.4, 0.5) is 0 Å². The Morgan fingerprint density at radius 1 is 1.11 bits per heavy atom. The predicted octanol–water partition coefficient (Wildman–Crippen LogP) is 3.49. The average Bonchev–Trinajstić information content (AvgIpc) is 3.20. The Hall–Kier alpha value is -3.67. The van der Waals surface area contributed by atoms with Gasteiger partial charge in [-0.15, -0.1) is 5.10 Å². The average molecular weight is 356 g/mol. The quantitative estimate of drug-likeness (QED) is 0.558. The molecule has 0 atom stereocenters. The van der Waals surface area contributed by atoms with Gasteiger partial charge in [0.2, 0.25) is 5.78 Å². The molecule has 0 fully saturated rings. The molecule has 0 spiro atoms. The summed E-state index contributed by atoms with van der Waals surface area (Å²) in [6.07, 6.45) is 3.58. The standard InChI is InChI=1S/C21H16N4O2/c1-13-17-4-2-3-5-18(17)24-12-15-11-22-23-25(15)20(10-19(13)24)21(27)14-6-8-16(26)9-7-14/h2-11,26H,12H2,1H3. The highest BCUT2D eigenvalue weighted by atomic mass is 16.3. The zero-order chi connectivity index (χ0) is 18.5. The highest BCUT2D eigenvalue weighted by Gasteiger charge is 2.25. The minimum atomic E-state index is -0.167. The minimum Gasteiger partial charge on any atom is -0.508 e. The second-order valence-corrected chi connectivity index (χ2v) is 6.66. The van der Waals surface area contributed by atoms with E-state index < -0.39 is 0 Å². The molecule has 4 aromatic rings. The lowest BCUT2D eigenvalue weighted by atomic mass is 10.1. The molecule has 0 unspecified atom stereocenters. The number of ketones is 1. The van der Waals surface area contributed by atoms with Gasteiger partial charge in [-0.25, -0.2) is 4.68 Å². The molecular formula is C21H16N4O2. The third-order valence-electron chi connectivity index (χ3n) is 5.08. The van der Waals surface area contributed by atoms with Crippen LogP contribution in [0.2, 0.25) is 0 Å². The summed E-state index contributed by atoms with van der Waals surface area (Å²) < 4.78 is 3.80. The summed E-state index contributed by atoms with van der Waals surface area (Å²) in [5, 5.41) is 18.8. The Labute approximate surface area is 155 Å². The Bertz CT molecular complexity index is 1230. The normalized spacial score (nSPS) is 13.0. The second kappa shape index (κ2) is 5.67. The number of aryl methyl sites for hydroxylation is 1. The van der Waals surface area contributed by atoms with E-state index in [-0.39, 0.29) is 11.5 Å². The molecule has 1 aliphatic heterocycles. The summed E-state index contributed by atoms with van der Waals surface area (Å²) >= 11 is 0. The van der Waals surface area contributed by atoms with Crippen LogP contribution in [-0.2, 0) is 6.54 Å². The number of aromatic nitrogens is 4. The number of nitrogens with zero attached hydrogens (tertiary/aromatic N) is 4. The van der Waals surface area contributed by atoms with E-state index in [0.717, 1.165) is 22.5 Å². The van der Waals surface area contributed by atoms with Crippen molar-refractivity contribution in [3.63, 3.8) is 0 Å². The van der Waals surface area contributed by atoms with E-state index in [9.17, 15) is 9.90 Å². The van der Waals surface area contributed by atoms with Crippen LogP contribution >= 0.6 is 0 Å². The monoisotopic (exact) mass is 356 g/mol. The van der Waals surface area contributed by atoms with Crippen molar-refractivity contribution in [3.8, 4) is 5.75 Å². The van der Waals surface area contributed by atoms with Gasteiger partial charge < -0.3 is 9.67 Å². The van der Waals surface area contributed by atoms with Gasteiger partial charge in [0.15, 0.2) is 0 Å². The van der Waals surface area contributed by atoms with Crippen molar-refractivity contribution in [3.05, 3.63) is 77.2 Å². The Balaban J connectivity index is 1.76. The van der Waals surface area contributed by atoms with E-state index in [4.69, 9.17) is 0 Å². The van der Waals surface area contributed by atoms with Gasteiger partial charge >= 0.3 is 0 Å². The number of carbonyl (C=O) groups is 1. The molecule has 27 heavy (non-hydrogen) atoms. The predicted molar refractivity (Wildman–Crippen MR) is 102 cm³/mol. The van der Waals surface area contributed by atoms with Gasteiger partial charge in [0.05, 0.1) is 18.4 Å². The van der Waals surface area contributed by atoms with Gasteiger partial charge in [-0.05, 0) is 48.9 Å². The van der Waals surface area contributed by atoms with E-state index in [1.807, 2.05) is 18.2 Å². The Morgan fingerprint density at radius 3 is 2.70 bits per heavy atom. The third kappa shape index (κ3) is 2.30. The first kappa shape index (κ1) is 15.6. The summed E-state index contributed by atoms with van der Waals surface area (Å²) in [5.41, 5.74) is 5.00. The molecule has 2 aromatic carbocycles. The molecule has 5 rings (SSSR count). The number of benzene rings is 2. The number of para-hydroxylation sites is 1. The number of rotatable bonds is 2. The summed E-state index contributed by atoms with van der Waals surface area (Å²) in [4.78, 5) is 13.2. The molecule has 0 saturated heterocycles. The van der Waals surface area contributed by atoms with Crippen molar-refractivity contribution < 1.29 is 9.90 Å². The molecule has 1 N–H and O–H groups in total. The van der Waals surface area contributed by atoms with Crippen LogP contribution in [0.15, 0.2) is 54.7 Å². The minimum absolute atomic E-state index is 0.124. The Kier molecular flexibility index (Phi) is 3.27. The largest absolute Gasteiger partial charge is 0.508 e. The molecule has 3 heterocycles. The van der Waals surface area contributed by atoms with E-state index in [2.05, 4.69) is 33.9 Å². The molecule has 6 nitrogen and oxygen atoms in total. The van der Waals surface area contributed by atoms with Crippen molar-refractivity contribution in [1.29, 1.82) is 0 Å². The molecule has 6 heteroatoms. The molecule has 0 saturated carbocycles. The van der Waals surface area contributed by atoms with Gasteiger partial charge in [0.1, 0.15) is 11.4 Å². The lowest BCUT2D eigenvalue weighted by Crippen LogP contribution is -2.12. The second-order valence-electron chi connectivity index (χ2n) is 6.66. The number of Topliss-reactive ketones (excluding diaryl/α,β-unsaturated/α-hetero) is 1. The lowest BCUT2D eigenvalue weighted by molar-refractivity contribution is 0.105. The molecule has 0 bridgehead atoms. The van der Waals surface area contributed by atoms with Gasteiger partial charge in [0, 0.05) is 22.2 Å². The molecule has 132 valence electrons. The SMILES string of the molecule is Cc1c2n(c3ccccc13)Cc1cnnn1C(C(=O)c1ccc(O)cc1)=C2. The van der Waals surface area contributed by atoms with E-state index in [1.165, 1.54) is 17.5 Å². The Morgan fingerprint density at radius 2 is 1.89 bits per heavy atom. The molecular weight excluding hydrogens is 340 g/mol. The first-order valence-electron chi connectivity index (χ1n) is 8.66. The van der Waals surface area contributed by atoms with Crippen LogP contribution in [0.5, 0.6) is 5.75 Å². The van der Waals surface area contributed by atoms with Crippen LogP contribution in [0, 0.1) is 6.92 Å². The summed E-state index contributed by atoms with van der Waals surface area (Å²) in [5.74, 6) is -0.0429. The third-order valence-corrected chi connectivity index (χ3v) is 5.08. The van der Waals surface area contributed by atoms with Gasteiger partial charge in [-0.2, -0.15) is 0 Å². The maximum Gasteiger partial charge on any atom is 0.211 e. The summed E-state index contributed by atoms with van der Waals surface area (Å²) in [6, 6.07) is 14.5. The number of hydrogen-bond acceptors (Lipinski definition) is 4. The number of carbonyl (C=O) groups excluding carboxylic acids is 1. The number of fused-ring (bicyclic) bond motifs is 4. The molecule has 2 aromatic heterocycles. The highest BCUT2D eigenvalue weighted by Crippen LogP contribution is 2.32. The molecule has 0 amide bonds. The fourth-order valence-corrected chi connectivity index (χ4v) is 3.69. The summed E-state index contributed by atoms with van der Waals surface area (Å²) in [7, 11) is 0. The van der Waals surface area contributed by atoms with E-state index in [1.54, 1.807) is 23.0 Å². The lowest BCUT2D eigenvalue weighted by Gasteiger charge is -2.08. The van der Waals surface area contributed by atoms with Crippen molar-refractivity contribution in [2.75, 3.05) is 0 Å². The van der Waals surface area contributed by atoms with Crippen LogP contribution in [0.3, 0.4) is 0 Å². The molecule has 0 radical (unpaired) electrons. The van der Waals surface area contributed by atoms with E-state index in [0.29, 0.717) is 17.8 Å². The number of phenolic OH excluding ortho intramolecular Hbond substituents is 1. The van der Waals surface area contributed by atoms with Gasteiger partial charge in [-0.1, -0.05) is 23.4 Å². The van der Waals surface area contributed by atoms with Crippen molar-refractivity contribution in [2.45, 2.75) is 13.5 Å². The zero-order valence-corrected chi connectivity index (χ0v) is 14.6. The van der Waals surface area contributed by atoms with Crippen LogP contribution in [0.1, 0.15) is 27.3 Å². The number of hydrogen-bond donors (Lipinski definition) is 1. The maximum absolute atomic E-state index is 13.2. The van der Waals surface area contributed by atoms with Crippen LogP contribution in [-0.4, -0.2) is 30.5 Å².